The minimum Gasteiger partial charge on any atom is -0.453 e. The van der Waals surface area contributed by atoms with E-state index >= 15 is 0 Å². The first-order valence-electron chi connectivity index (χ1n) is 7.92. The smallest absolute Gasteiger partial charge is 0.407 e. The van der Waals surface area contributed by atoms with Gasteiger partial charge in [0.25, 0.3) is 0 Å². The van der Waals surface area contributed by atoms with Crippen molar-refractivity contribution in [2.24, 2.45) is 5.92 Å². The highest BCUT2D eigenvalue weighted by molar-refractivity contribution is 5.88. The van der Waals surface area contributed by atoms with Crippen LogP contribution in [-0.4, -0.2) is 34.6 Å². The van der Waals surface area contributed by atoms with Gasteiger partial charge in [0.05, 0.1) is 25.2 Å². The number of alkyl carbamates (subject to hydrolysis) is 1. The van der Waals surface area contributed by atoms with Crippen LogP contribution in [0.2, 0.25) is 0 Å². The third-order valence-electron chi connectivity index (χ3n) is 3.70. The van der Waals surface area contributed by atoms with Gasteiger partial charge in [-0.1, -0.05) is 44.2 Å². The molecule has 0 aliphatic rings. The lowest BCUT2D eigenvalue weighted by Gasteiger charge is -2.17. The number of nitrogens with zero attached hydrogens (tertiary/aromatic N) is 2. The maximum atomic E-state index is 12.3. The fourth-order valence-electron chi connectivity index (χ4n) is 2.43. The molecular weight excluding hydrogens is 306 g/mol. The first-order chi connectivity index (χ1) is 11.5. The number of methoxy groups -OCH3 is 1. The number of carbonyl (C=O) groups is 2. The van der Waals surface area contributed by atoms with Crippen molar-refractivity contribution in [1.29, 1.82) is 0 Å². The Hall–Kier alpha value is -2.63. The Bertz CT molecular complexity index is 680. The molecule has 128 valence electrons. The minimum absolute atomic E-state index is 0.0435. The number of carbonyl (C=O) groups excluding carboxylic acids is 2. The molecule has 1 N–H and O–H groups in total. The second-order valence-electron chi connectivity index (χ2n) is 5.97. The van der Waals surface area contributed by atoms with Gasteiger partial charge in [-0.2, -0.15) is 0 Å². The van der Waals surface area contributed by atoms with Gasteiger partial charge >= 0.3 is 6.09 Å². The van der Waals surface area contributed by atoms with Crippen molar-refractivity contribution in [3.63, 3.8) is 0 Å². The summed E-state index contributed by atoms with van der Waals surface area (Å²) in [6.07, 6.45) is 3.36. The van der Waals surface area contributed by atoms with E-state index in [0.29, 0.717) is 13.0 Å². The Morgan fingerprint density at radius 2 is 1.96 bits per heavy atom. The fraction of sp³-hybridized carbons (Fsp3) is 0.389. The molecule has 0 saturated heterocycles. The van der Waals surface area contributed by atoms with E-state index in [0.717, 1.165) is 5.69 Å². The Balaban J connectivity index is 2.06. The molecule has 1 aromatic carbocycles. The summed E-state index contributed by atoms with van der Waals surface area (Å²) in [5.74, 6) is -0.225. The number of benzene rings is 1. The van der Waals surface area contributed by atoms with Crippen LogP contribution in [0.5, 0.6) is 0 Å². The number of hydrogen-bond acceptors (Lipinski definition) is 4. The third kappa shape index (κ3) is 4.94. The van der Waals surface area contributed by atoms with Gasteiger partial charge in [-0.15, -0.1) is 0 Å². The molecule has 0 spiro atoms. The van der Waals surface area contributed by atoms with Gasteiger partial charge in [-0.05, 0) is 5.56 Å². The Kier molecular flexibility index (Phi) is 6.12. The lowest BCUT2D eigenvalue weighted by Crippen LogP contribution is -2.44. The average Bonchev–Trinajstić information content (AvgIpc) is 3.01. The standard InChI is InChI=1S/C18H23N3O3/c1-13(2)17(22)16(20-18(23)24-3)9-15-11-21(12-19-15)10-14-7-5-4-6-8-14/h4-8,11-13,16H,9-10H2,1-3H3,(H,20,23). The zero-order valence-electron chi connectivity index (χ0n) is 14.2. The number of ether oxygens (including phenoxy) is 1. The summed E-state index contributed by atoms with van der Waals surface area (Å²) in [7, 11) is 1.28. The highest BCUT2D eigenvalue weighted by atomic mass is 16.5. The van der Waals surface area contributed by atoms with Gasteiger partial charge in [-0.25, -0.2) is 9.78 Å². The lowest BCUT2D eigenvalue weighted by atomic mass is 9.98. The predicted octanol–water partition coefficient (Wildman–Crippen LogP) is 2.42. The van der Waals surface area contributed by atoms with Gasteiger partial charge in [0, 0.05) is 25.1 Å². The number of imidazole rings is 1. The maximum absolute atomic E-state index is 12.3. The van der Waals surface area contributed by atoms with Gasteiger partial charge < -0.3 is 14.6 Å². The summed E-state index contributed by atoms with van der Waals surface area (Å²) in [6, 6.07) is 9.41. The van der Waals surface area contributed by atoms with Crippen LogP contribution in [0.25, 0.3) is 0 Å². The second-order valence-corrected chi connectivity index (χ2v) is 5.97. The molecule has 6 nitrogen and oxygen atoms in total. The molecule has 1 atom stereocenters. The summed E-state index contributed by atoms with van der Waals surface area (Å²) < 4.78 is 6.56. The van der Waals surface area contributed by atoms with Crippen LogP contribution in [0.3, 0.4) is 0 Å². The number of aromatic nitrogens is 2. The van der Waals surface area contributed by atoms with Crippen molar-refractivity contribution in [2.45, 2.75) is 32.9 Å². The van der Waals surface area contributed by atoms with Crippen LogP contribution in [0.15, 0.2) is 42.9 Å². The van der Waals surface area contributed by atoms with Crippen LogP contribution in [-0.2, 0) is 22.5 Å². The van der Waals surface area contributed by atoms with Crippen LogP contribution in [0, 0.1) is 5.92 Å². The number of Topliss-reactive ketones (excluding diaryl/α,β-unsaturated/α-hetero) is 1. The van der Waals surface area contributed by atoms with E-state index in [2.05, 4.69) is 15.0 Å². The Morgan fingerprint density at radius 3 is 2.58 bits per heavy atom. The molecule has 1 heterocycles. The van der Waals surface area contributed by atoms with Crippen LogP contribution in [0.4, 0.5) is 4.79 Å². The van der Waals surface area contributed by atoms with E-state index < -0.39 is 12.1 Å². The molecule has 0 aliphatic heterocycles. The normalized spacial score (nSPS) is 12.0. The molecule has 24 heavy (non-hydrogen) atoms. The second kappa shape index (κ2) is 8.29. The Labute approximate surface area is 141 Å². The SMILES string of the molecule is COC(=O)NC(Cc1cn(Cc2ccccc2)cn1)C(=O)C(C)C. The number of nitrogens with one attached hydrogen (secondary N) is 1. The summed E-state index contributed by atoms with van der Waals surface area (Å²) in [5, 5.41) is 2.60. The number of rotatable bonds is 7. The predicted molar refractivity (Wildman–Crippen MR) is 90.6 cm³/mol. The van der Waals surface area contributed by atoms with Crippen molar-refractivity contribution in [2.75, 3.05) is 7.11 Å². The topological polar surface area (TPSA) is 73.2 Å². The van der Waals surface area contributed by atoms with Crippen LogP contribution in [0.1, 0.15) is 25.1 Å². The van der Waals surface area contributed by atoms with E-state index in [4.69, 9.17) is 0 Å². The first-order valence-corrected chi connectivity index (χ1v) is 7.92. The summed E-state index contributed by atoms with van der Waals surface area (Å²) in [6.45, 7) is 4.33. The van der Waals surface area contributed by atoms with Crippen LogP contribution < -0.4 is 5.32 Å². The lowest BCUT2D eigenvalue weighted by molar-refractivity contribution is -0.123. The molecule has 0 aliphatic carbocycles. The molecule has 0 radical (unpaired) electrons. The zero-order chi connectivity index (χ0) is 17.5. The van der Waals surface area contributed by atoms with E-state index in [9.17, 15) is 9.59 Å². The van der Waals surface area contributed by atoms with Crippen molar-refractivity contribution in [3.8, 4) is 0 Å². The first kappa shape index (κ1) is 17.7. The monoisotopic (exact) mass is 329 g/mol. The van der Waals surface area contributed by atoms with Gasteiger partial charge in [0.1, 0.15) is 0 Å². The number of amides is 1. The van der Waals surface area contributed by atoms with Gasteiger partial charge in [0.2, 0.25) is 0 Å². The quantitative estimate of drug-likeness (QED) is 0.847. The minimum atomic E-state index is -0.641. The largest absolute Gasteiger partial charge is 0.453 e. The van der Waals surface area contributed by atoms with Crippen molar-refractivity contribution >= 4 is 11.9 Å². The number of ketones is 1. The van der Waals surface area contributed by atoms with Gasteiger partial charge in [0.15, 0.2) is 5.78 Å². The number of hydrogen-bond donors (Lipinski definition) is 1. The maximum Gasteiger partial charge on any atom is 0.407 e. The summed E-state index contributed by atoms with van der Waals surface area (Å²) >= 11 is 0. The highest BCUT2D eigenvalue weighted by Crippen LogP contribution is 2.09. The van der Waals surface area contributed by atoms with E-state index in [1.807, 2.05) is 54.9 Å². The molecular formula is C18H23N3O3. The fourth-order valence-corrected chi connectivity index (χ4v) is 2.43. The van der Waals surface area contributed by atoms with Gasteiger partial charge in [-0.3, -0.25) is 4.79 Å². The summed E-state index contributed by atoms with van der Waals surface area (Å²) in [5.41, 5.74) is 1.92. The molecule has 0 bridgehead atoms. The summed E-state index contributed by atoms with van der Waals surface area (Å²) in [4.78, 5) is 28.1. The molecule has 0 saturated carbocycles. The molecule has 2 rings (SSSR count). The van der Waals surface area contributed by atoms with Crippen molar-refractivity contribution < 1.29 is 14.3 Å². The Morgan fingerprint density at radius 1 is 1.25 bits per heavy atom. The zero-order valence-corrected chi connectivity index (χ0v) is 14.2. The third-order valence-corrected chi connectivity index (χ3v) is 3.70. The molecule has 6 heteroatoms. The highest BCUT2D eigenvalue weighted by Gasteiger charge is 2.24. The molecule has 1 unspecified atom stereocenters. The molecule has 0 fully saturated rings. The van der Waals surface area contributed by atoms with Crippen molar-refractivity contribution in [1.82, 2.24) is 14.9 Å². The molecule has 1 amide bonds. The van der Waals surface area contributed by atoms with E-state index in [-0.39, 0.29) is 11.7 Å². The van der Waals surface area contributed by atoms with E-state index in [1.165, 1.54) is 12.7 Å². The molecule has 1 aromatic heterocycles. The van der Waals surface area contributed by atoms with E-state index in [1.54, 1.807) is 6.33 Å². The molecule has 2 aromatic rings. The van der Waals surface area contributed by atoms with Crippen LogP contribution >= 0.6 is 0 Å². The van der Waals surface area contributed by atoms with Crippen molar-refractivity contribution in [3.05, 3.63) is 54.1 Å². The average molecular weight is 329 g/mol.